The second-order valence-corrected chi connectivity index (χ2v) is 10.9. The minimum Gasteiger partial charge on any atom is -0.348 e. The molecule has 0 aromatic carbocycles. The second-order valence-electron chi connectivity index (χ2n) is 10.1. The van der Waals surface area contributed by atoms with Crippen LogP contribution in [0, 0.1) is 17.8 Å². The Morgan fingerprint density at radius 3 is 2.20 bits per heavy atom. The third-order valence-electron chi connectivity index (χ3n) is 7.58. The third-order valence-corrected chi connectivity index (χ3v) is 8.34. The Hall–Kier alpha value is -1.43. The van der Waals surface area contributed by atoms with Crippen molar-refractivity contribution in [1.29, 1.82) is 0 Å². The third kappa shape index (κ3) is 5.06. The first-order chi connectivity index (χ1) is 14.6. The number of rotatable bonds is 10. The molecule has 2 N–H and O–H groups in total. The van der Waals surface area contributed by atoms with E-state index in [-0.39, 0.29) is 5.41 Å². The van der Waals surface area contributed by atoms with Crippen LogP contribution in [0.15, 0.2) is 5.38 Å². The molecule has 4 bridgehead atoms. The van der Waals surface area contributed by atoms with Crippen molar-refractivity contribution in [3.8, 4) is 0 Å². The molecule has 6 heteroatoms. The number of hydrogen-bond donors (Lipinski definition) is 2. The van der Waals surface area contributed by atoms with E-state index >= 15 is 0 Å². The predicted molar refractivity (Wildman–Crippen MR) is 122 cm³/mol. The summed E-state index contributed by atoms with van der Waals surface area (Å²) >= 11 is 1.46. The van der Waals surface area contributed by atoms with Gasteiger partial charge in [0.1, 0.15) is 0 Å². The molecule has 0 saturated heterocycles. The molecule has 0 spiro atoms. The van der Waals surface area contributed by atoms with Crippen LogP contribution in [-0.4, -0.2) is 23.3 Å². The zero-order valence-electron chi connectivity index (χ0n) is 18.4. The molecule has 5 nitrogen and oxygen atoms in total. The van der Waals surface area contributed by atoms with Gasteiger partial charge in [0.15, 0.2) is 5.13 Å². The molecule has 4 aliphatic carbocycles. The van der Waals surface area contributed by atoms with Gasteiger partial charge in [0.25, 0.3) is 0 Å². The Kier molecular flexibility index (Phi) is 7.12. The van der Waals surface area contributed by atoms with Gasteiger partial charge in [-0.3, -0.25) is 14.9 Å². The van der Waals surface area contributed by atoms with Gasteiger partial charge in [-0.1, -0.05) is 45.4 Å². The quantitative estimate of drug-likeness (QED) is 0.384. The van der Waals surface area contributed by atoms with E-state index in [0.29, 0.717) is 11.7 Å². The number of carbonyl (C=O) groups excluding carboxylic acids is 2. The molecule has 0 radical (unpaired) electrons. The van der Waals surface area contributed by atoms with Gasteiger partial charge in [0, 0.05) is 17.3 Å². The first-order valence-electron chi connectivity index (χ1n) is 12.1. The SMILES string of the molecule is CCCCCCCCCNC(=O)C(=O)Nc1nc(C23CC4CC(CC(C4)C2)C3)cs1. The van der Waals surface area contributed by atoms with Crippen LogP contribution >= 0.6 is 11.3 Å². The van der Waals surface area contributed by atoms with Crippen LogP contribution in [0.4, 0.5) is 5.13 Å². The number of carbonyl (C=O) groups is 2. The van der Waals surface area contributed by atoms with Gasteiger partial charge in [-0.05, 0) is 62.7 Å². The maximum absolute atomic E-state index is 12.3. The normalized spacial score (nSPS) is 29.2. The highest BCUT2D eigenvalue weighted by atomic mass is 32.1. The van der Waals surface area contributed by atoms with Crippen LogP contribution in [0.1, 0.15) is 96.1 Å². The fraction of sp³-hybridized carbons (Fsp3) is 0.792. The van der Waals surface area contributed by atoms with Gasteiger partial charge in [-0.15, -0.1) is 11.3 Å². The molecule has 0 unspecified atom stereocenters. The van der Waals surface area contributed by atoms with Gasteiger partial charge in [0.2, 0.25) is 0 Å². The molecule has 30 heavy (non-hydrogen) atoms. The monoisotopic (exact) mass is 431 g/mol. The number of anilines is 1. The molecule has 5 rings (SSSR count). The van der Waals surface area contributed by atoms with E-state index in [1.807, 2.05) is 0 Å². The summed E-state index contributed by atoms with van der Waals surface area (Å²) in [7, 11) is 0. The van der Waals surface area contributed by atoms with Crippen molar-refractivity contribution >= 4 is 28.3 Å². The standard InChI is InChI=1S/C24H37N3O2S/c1-2-3-4-5-6-7-8-9-25-21(28)22(29)27-23-26-20(16-30-23)24-13-17-10-18(14-24)12-19(11-17)15-24/h16-19H,2-15H2,1H3,(H,25,28)(H,26,27,29). The summed E-state index contributed by atoms with van der Waals surface area (Å²) in [6.07, 6.45) is 16.4. The van der Waals surface area contributed by atoms with Crippen LogP contribution in [0.3, 0.4) is 0 Å². The van der Waals surface area contributed by atoms with Gasteiger partial charge in [-0.2, -0.15) is 0 Å². The molecular formula is C24H37N3O2S. The van der Waals surface area contributed by atoms with Crippen LogP contribution in [0.25, 0.3) is 0 Å². The minimum absolute atomic E-state index is 0.230. The van der Waals surface area contributed by atoms with E-state index in [2.05, 4.69) is 22.9 Å². The Labute approximate surface area is 184 Å². The molecule has 1 aromatic rings. The van der Waals surface area contributed by atoms with Crippen molar-refractivity contribution in [1.82, 2.24) is 10.3 Å². The first kappa shape index (κ1) is 21.8. The minimum atomic E-state index is -0.593. The molecule has 1 aromatic heterocycles. The molecule has 0 atom stereocenters. The molecule has 4 fully saturated rings. The van der Waals surface area contributed by atoms with E-state index < -0.39 is 11.8 Å². The van der Waals surface area contributed by atoms with Crippen LogP contribution in [0.2, 0.25) is 0 Å². The second kappa shape index (κ2) is 9.80. The Bertz CT molecular complexity index is 709. The van der Waals surface area contributed by atoms with E-state index in [1.165, 1.54) is 82.0 Å². The summed E-state index contributed by atoms with van der Waals surface area (Å²) in [5, 5.41) is 8.16. The van der Waals surface area contributed by atoms with Crippen molar-refractivity contribution in [2.45, 2.75) is 95.8 Å². The molecule has 0 aliphatic heterocycles. The highest BCUT2D eigenvalue weighted by Gasteiger charge is 2.52. The van der Waals surface area contributed by atoms with Gasteiger partial charge >= 0.3 is 11.8 Å². The summed E-state index contributed by atoms with van der Waals surface area (Å²) in [4.78, 5) is 29.1. The number of hydrogen-bond acceptors (Lipinski definition) is 4. The lowest BCUT2D eigenvalue weighted by Gasteiger charge is -2.56. The summed E-state index contributed by atoms with van der Waals surface area (Å²) in [6, 6.07) is 0. The Morgan fingerprint density at radius 2 is 1.57 bits per heavy atom. The van der Waals surface area contributed by atoms with Crippen molar-refractivity contribution in [3.05, 3.63) is 11.1 Å². The maximum Gasteiger partial charge on any atom is 0.315 e. The molecule has 4 aliphatic rings. The smallest absolute Gasteiger partial charge is 0.315 e. The van der Waals surface area contributed by atoms with Crippen LogP contribution < -0.4 is 10.6 Å². The fourth-order valence-corrected chi connectivity index (χ4v) is 7.35. The number of amides is 2. The zero-order chi connectivity index (χ0) is 21.0. The number of unbranched alkanes of at least 4 members (excludes halogenated alkanes) is 6. The summed E-state index contributed by atoms with van der Waals surface area (Å²) in [5.41, 5.74) is 1.39. The summed E-state index contributed by atoms with van der Waals surface area (Å²) < 4.78 is 0. The Morgan fingerprint density at radius 1 is 0.967 bits per heavy atom. The van der Waals surface area contributed by atoms with Crippen molar-refractivity contribution in [2.24, 2.45) is 17.8 Å². The highest BCUT2D eigenvalue weighted by Crippen LogP contribution is 2.60. The summed E-state index contributed by atoms with van der Waals surface area (Å²) in [6.45, 7) is 2.78. The van der Waals surface area contributed by atoms with Gasteiger partial charge in [-0.25, -0.2) is 4.98 Å². The lowest BCUT2D eigenvalue weighted by molar-refractivity contribution is -0.136. The molecule has 166 valence electrons. The molecule has 2 amide bonds. The van der Waals surface area contributed by atoms with Gasteiger partial charge in [0.05, 0.1) is 5.69 Å². The zero-order valence-corrected chi connectivity index (χ0v) is 19.2. The van der Waals surface area contributed by atoms with Gasteiger partial charge < -0.3 is 5.32 Å². The summed E-state index contributed by atoms with van der Waals surface area (Å²) in [5.74, 6) is 1.46. The lowest BCUT2D eigenvalue weighted by Crippen LogP contribution is -2.48. The van der Waals surface area contributed by atoms with E-state index in [9.17, 15) is 9.59 Å². The largest absolute Gasteiger partial charge is 0.348 e. The fourth-order valence-electron chi connectivity index (χ4n) is 6.52. The number of thiazole rings is 1. The topological polar surface area (TPSA) is 71.1 Å². The van der Waals surface area contributed by atoms with Crippen molar-refractivity contribution in [2.75, 3.05) is 11.9 Å². The predicted octanol–water partition coefficient (Wildman–Crippen LogP) is 5.42. The molecule has 1 heterocycles. The Balaban J connectivity index is 1.20. The van der Waals surface area contributed by atoms with Crippen LogP contribution in [0.5, 0.6) is 0 Å². The average Bonchev–Trinajstić information content (AvgIpc) is 3.18. The van der Waals surface area contributed by atoms with E-state index in [4.69, 9.17) is 4.98 Å². The number of aromatic nitrogens is 1. The van der Waals surface area contributed by atoms with E-state index in [0.717, 1.165) is 36.3 Å². The molecular weight excluding hydrogens is 394 g/mol. The number of nitrogens with zero attached hydrogens (tertiary/aromatic N) is 1. The van der Waals surface area contributed by atoms with Crippen molar-refractivity contribution in [3.63, 3.8) is 0 Å². The average molecular weight is 432 g/mol. The maximum atomic E-state index is 12.3. The van der Waals surface area contributed by atoms with E-state index in [1.54, 1.807) is 0 Å². The highest BCUT2D eigenvalue weighted by molar-refractivity contribution is 7.14. The molecule has 4 saturated carbocycles. The van der Waals surface area contributed by atoms with Crippen molar-refractivity contribution < 1.29 is 9.59 Å². The lowest BCUT2D eigenvalue weighted by atomic mass is 9.49. The van der Waals surface area contributed by atoms with Crippen LogP contribution in [-0.2, 0) is 15.0 Å². The number of nitrogens with one attached hydrogen (secondary N) is 2. The first-order valence-corrected chi connectivity index (χ1v) is 13.0.